The third kappa shape index (κ3) is 10.1. The Bertz CT molecular complexity index is 3910. The molecule has 4 aromatic heterocycles. The van der Waals surface area contributed by atoms with Gasteiger partial charge in [0.15, 0.2) is 19.7 Å². The summed E-state index contributed by atoms with van der Waals surface area (Å²) in [5.74, 6) is -5.62. The van der Waals surface area contributed by atoms with Crippen molar-refractivity contribution >= 4 is 67.7 Å². The van der Waals surface area contributed by atoms with Gasteiger partial charge in [-0.15, -0.1) is 25.2 Å². The van der Waals surface area contributed by atoms with Crippen LogP contribution < -0.4 is 38.6 Å². The molecular formula is C38H41F3N20O9S4. The van der Waals surface area contributed by atoms with E-state index < -0.39 is 148 Å². The van der Waals surface area contributed by atoms with E-state index in [0.29, 0.717) is 5.52 Å². The predicted octanol–water partition coefficient (Wildman–Crippen LogP) is -1.51. The van der Waals surface area contributed by atoms with Crippen molar-refractivity contribution in [1.82, 2.24) is 71.0 Å². The molecule has 2 atom stereocenters. The van der Waals surface area contributed by atoms with E-state index in [4.69, 9.17) is 33.8 Å². The fourth-order valence-electron chi connectivity index (χ4n) is 7.91. The lowest BCUT2D eigenvalue weighted by molar-refractivity contribution is -0.187. The van der Waals surface area contributed by atoms with E-state index in [0.717, 1.165) is 12.1 Å². The van der Waals surface area contributed by atoms with Gasteiger partial charge in [0.05, 0.1) is 73.1 Å². The van der Waals surface area contributed by atoms with E-state index in [-0.39, 0.29) is 51.2 Å². The number of imidazole rings is 2. The number of amides is 1. The second kappa shape index (κ2) is 19.9. The highest BCUT2D eigenvalue weighted by molar-refractivity contribution is 7.94. The predicted molar refractivity (Wildman–Crippen MR) is 254 cm³/mol. The number of para-hydroxylation sites is 2. The molecule has 0 bridgehead atoms. The summed E-state index contributed by atoms with van der Waals surface area (Å²) in [4.78, 5) is 25.7. The van der Waals surface area contributed by atoms with Gasteiger partial charge in [-0.3, -0.25) is 9.80 Å². The number of carbonyl (C=O) groups is 1. The van der Waals surface area contributed by atoms with Gasteiger partial charge in [0.25, 0.3) is 10.0 Å². The summed E-state index contributed by atoms with van der Waals surface area (Å²) in [5.41, 5.74) is 28.7. The zero-order valence-corrected chi connectivity index (χ0v) is 40.9. The number of nitrogens with one attached hydrogen (secondary N) is 5. The Balaban J connectivity index is 1.27. The molecule has 4 aromatic carbocycles. The van der Waals surface area contributed by atoms with Crippen LogP contribution in [0.4, 0.5) is 13.2 Å². The summed E-state index contributed by atoms with van der Waals surface area (Å²) >= 11 is 0. The van der Waals surface area contributed by atoms with Crippen LogP contribution in [0.2, 0.25) is 0 Å². The third-order valence-corrected chi connectivity index (χ3v) is 17.3. The average Bonchev–Trinajstić information content (AvgIpc) is 4.19. The minimum Gasteiger partial charge on any atom is -0.341 e. The van der Waals surface area contributed by atoms with E-state index >= 15 is 0 Å². The van der Waals surface area contributed by atoms with Crippen molar-refractivity contribution in [2.75, 3.05) is 37.7 Å². The number of sulfone groups is 2. The number of primary sulfonamides is 1. The molecule has 74 heavy (non-hydrogen) atoms. The molecule has 0 fully saturated rings. The van der Waals surface area contributed by atoms with Crippen LogP contribution in [-0.2, 0) is 44.5 Å². The third-order valence-electron chi connectivity index (χ3n) is 11.1. The molecule has 0 aliphatic heterocycles. The maximum Gasteiger partial charge on any atom is 0.472 e. The molecule has 0 saturated heterocycles. The van der Waals surface area contributed by atoms with Gasteiger partial charge in [-0.05, 0) is 45.8 Å². The summed E-state index contributed by atoms with van der Waals surface area (Å²) in [6.07, 6.45) is -5.82. The standard InChI is InChI=1S/C38H41F3N20O9S4/c39-38(40,41)37(62)61(16-22(46)34-49-24-6-1-3-19(30(24)51-34)17-7-9-25(71(63,64)13-11-42)31(73(47,67)68)27(17)35-52-56-57-53-35)60-74(69,70)32-26(72(65,66)14-12-43)10-8-18(28(32)36-54-58-59-55-36)20-4-2-5-23-29(20)50-33(48-23)21(45)15-44/h1-10,21-22,60H,11-16,42-46H2,(H,48,50)(H,49,51)(H2,47,67,68)(H,52,53,56,57)(H,54,55,58,59)/t21-,22-/m1/s1. The summed E-state index contributed by atoms with van der Waals surface area (Å²) < 4.78 is 155. The number of fused-ring (bicyclic) bond motifs is 2. The van der Waals surface area contributed by atoms with E-state index in [1.807, 2.05) is 0 Å². The molecule has 17 N–H and O–H groups in total. The van der Waals surface area contributed by atoms with Crippen LogP contribution >= 0.6 is 0 Å². The zero-order chi connectivity index (χ0) is 53.7. The Kier molecular flexibility index (Phi) is 14.2. The van der Waals surface area contributed by atoms with Crippen LogP contribution in [0.5, 0.6) is 0 Å². The number of tetrazole rings is 2. The average molecular weight is 1110 g/mol. The van der Waals surface area contributed by atoms with Crippen molar-refractivity contribution in [2.45, 2.75) is 37.8 Å². The number of aromatic nitrogens is 12. The fraction of sp³-hybridized carbons (Fsp3) is 0.237. The highest BCUT2D eigenvalue weighted by atomic mass is 32.2. The van der Waals surface area contributed by atoms with Crippen molar-refractivity contribution in [3.63, 3.8) is 0 Å². The maximum atomic E-state index is 15.0. The zero-order valence-electron chi connectivity index (χ0n) is 37.6. The van der Waals surface area contributed by atoms with Crippen LogP contribution in [0.25, 0.3) is 67.1 Å². The maximum absolute atomic E-state index is 15.0. The van der Waals surface area contributed by atoms with Crippen molar-refractivity contribution in [3.05, 3.63) is 72.3 Å². The number of nitrogens with two attached hydrogens (primary N) is 6. The number of H-pyrrole nitrogens is 4. The van der Waals surface area contributed by atoms with Crippen LogP contribution in [0.15, 0.2) is 80.2 Å². The van der Waals surface area contributed by atoms with Gasteiger partial charge < -0.3 is 38.6 Å². The molecule has 36 heteroatoms. The number of alkyl halides is 3. The number of benzene rings is 4. The van der Waals surface area contributed by atoms with E-state index in [1.165, 1.54) is 42.5 Å². The highest BCUT2D eigenvalue weighted by Gasteiger charge is 2.46. The summed E-state index contributed by atoms with van der Waals surface area (Å²) in [7, 11) is -19.9. The van der Waals surface area contributed by atoms with Crippen LogP contribution in [0, 0.1) is 0 Å². The molecule has 0 saturated carbocycles. The number of hydrogen-bond acceptors (Lipinski definition) is 22. The van der Waals surface area contributed by atoms with Gasteiger partial charge in [-0.1, -0.05) is 36.4 Å². The van der Waals surface area contributed by atoms with E-state index in [1.54, 1.807) is 10.9 Å². The Labute approximate surface area is 415 Å². The molecule has 0 aliphatic rings. The second-order valence-corrected chi connectivity index (χ2v) is 23.2. The normalized spacial score (nSPS) is 13.7. The van der Waals surface area contributed by atoms with Crippen molar-refractivity contribution in [2.24, 2.45) is 33.8 Å². The van der Waals surface area contributed by atoms with Gasteiger partial charge in [-0.2, -0.15) is 23.6 Å². The van der Waals surface area contributed by atoms with Crippen molar-refractivity contribution in [3.8, 4) is 45.0 Å². The number of halogens is 3. The first-order valence-electron chi connectivity index (χ1n) is 21.1. The molecule has 0 radical (unpaired) electrons. The minimum absolute atomic E-state index is 0.0117. The largest absolute Gasteiger partial charge is 0.472 e. The smallest absolute Gasteiger partial charge is 0.341 e. The number of rotatable bonds is 19. The van der Waals surface area contributed by atoms with Crippen LogP contribution in [0.1, 0.15) is 23.7 Å². The molecule has 8 rings (SSSR count). The number of sulfonamides is 2. The number of carbonyl (C=O) groups excluding carboxylic acids is 1. The lowest BCUT2D eigenvalue weighted by Gasteiger charge is -2.27. The van der Waals surface area contributed by atoms with Gasteiger partial charge in [0.1, 0.15) is 21.4 Å². The molecular weight excluding hydrogens is 1070 g/mol. The highest BCUT2D eigenvalue weighted by Crippen LogP contribution is 2.43. The number of hydrogen-bond donors (Lipinski definition) is 11. The number of aromatic amines is 4. The van der Waals surface area contributed by atoms with Crippen LogP contribution in [-0.4, -0.2) is 150 Å². The monoisotopic (exact) mass is 1110 g/mol. The lowest BCUT2D eigenvalue weighted by atomic mass is 9.98. The van der Waals surface area contributed by atoms with E-state index in [9.17, 15) is 51.6 Å². The molecule has 1 amide bonds. The topological polar surface area (TPSA) is 491 Å². The summed E-state index contributed by atoms with van der Waals surface area (Å²) in [6, 6.07) is 10.3. The summed E-state index contributed by atoms with van der Waals surface area (Å²) in [6.45, 7) is -2.37. The first-order chi connectivity index (χ1) is 34.8. The number of nitrogens with zero attached hydrogens (tertiary/aromatic N) is 9. The Hall–Kier alpha value is -7.26. The quantitative estimate of drug-likeness (QED) is 0.0410. The van der Waals surface area contributed by atoms with Crippen molar-refractivity contribution in [1.29, 1.82) is 0 Å². The second-order valence-electron chi connectivity index (χ2n) is 16.0. The number of hydrazine groups is 1. The SMILES string of the molecule is NCCS(=O)(=O)c1ccc(-c2cccc3[nH]c([C@H](N)CN(NS(=O)(=O)c4c(S(=O)(=O)CCN)ccc(-c5cccc6[nH]c([C@H](N)CN)nc56)c4-c4nn[nH]n4)C(=O)C(F)(F)F)nc23)c(-c2nn[nH]n2)c1S(N)(=O)=O. The lowest BCUT2D eigenvalue weighted by Crippen LogP contribution is -2.53. The van der Waals surface area contributed by atoms with Crippen LogP contribution in [0.3, 0.4) is 0 Å². The molecule has 0 spiro atoms. The van der Waals surface area contributed by atoms with Gasteiger partial charge in [0.2, 0.25) is 21.7 Å². The fourth-order valence-corrected chi connectivity index (χ4v) is 13.9. The van der Waals surface area contributed by atoms with Crippen molar-refractivity contribution < 1.29 is 51.6 Å². The first kappa shape index (κ1) is 53.0. The molecule has 0 unspecified atom stereocenters. The molecule has 29 nitrogen and oxygen atoms in total. The Morgan fingerprint density at radius 1 is 0.649 bits per heavy atom. The first-order valence-corrected chi connectivity index (χ1v) is 27.5. The van der Waals surface area contributed by atoms with Gasteiger partial charge in [-0.25, -0.2) is 48.8 Å². The minimum atomic E-state index is -5.82. The molecule has 8 aromatic rings. The summed E-state index contributed by atoms with van der Waals surface area (Å²) in [5, 5.41) is 31.9. The van der Waals surface area contributed by atoms with Gasteiger partial charge >= 0.3 is 12.1 Å². The molecule has 0 aliphatic carbocycles. The van der Waals surface area contributed by atoms with E-state index in [2.05, 4.69) is 61.2 Å². The Morgan fingerprint density at radius 3 is 1.53 bits per heavy atom. The van der Waals surface area contributed by atoms with Gasteiger partial charge in [0, 0.05) is 30.8 Å². The Morgan fingerprint density at radius 2 is 1.11 bits per heavy atom. The molecule has 4 heterocycles. The molecule has 392 valence electrons.